The maximum absolute atomic E-state index is 11.6. The van der Waals surface area contributed by atoms with Gasteiger partial charge in [0.15, 0.2) is 0 Å². The fraction of sp³-hybridized carbons (Fsp3) is 0.500. The molecule has 0 aliphatic heterocycles. The maximum atomic E-state index is 11.6. The minimum atomic E-state index is -0.461. The maximum Gasteiger partial charge on any atom is 0.407 e. The van der Waals surface area contributed by atoms with E-state index in [4.69, 9.17) is 4.74 Å². The molecule has 0 unspecified atom stereocenters. The van der Waals surface area contributed by atoms with Crippen LogP contribution in [0.3, 0.4) is 0 Å². The number of alkyl carbamates (subject to hydrolysis) is 1. The standard InChI is InChI=1S/C18H27N3O2/c1-13-14-8-6-7-9-15(14)21(5)16(13)12-19-10-11-20-17(22)23-18(2,3)4/h6-9,19H,10-12H2,1-5H3,(H,20,22). The Morgan fingerprint density at radius 1 is 1.22 bits per heavy atom. The molecule has 126 valence electrons. The predicted octanol–water partition coefficient (Wildman–Crippen LogP) is 3.10. The molecular weight excluding hydrogens is 290 g/mol. The van der Waals surface area contributed by atoms with E-state index in [1.807, 2.05) is 20.8 Å². The molecule has 0 saturated carbocycles. The van der Waals surface area contributed by atoms with Crippen molar-refractivity contribution in [3.05, 3.63) is 35.5 Å². The van der Waals surface area contributed by atoms with Crippen LogP contribution >= 0.6 is 0 Å². The number of amides is 1. The molecule has 1 amide bonds. The molecule has 0 atom stereocenters. The Hall–Kier alpha value is -2.01. The number of nitrogens with one attached hydrogen (secondary N) is 2. The normalized spacial score (nSPS) is 11.7. The minimum Gasteiger partial charge on any atom is -0.444 e. The first kappa shape index (κ1) is 17.3. The van der Waals surface area contributed by atoms with Crippen molar-refractivity contribution in [2.45, 2.75) is 39.8 Å². The number of carbonyl (C=O) groups is 1. The second kappa shape index (κ2) is 7.04. The van der Waals surface area contributed by atoms with Crippen LogP contribution in [-0.4, -0.2) is 29.4 Å². The molecule has 0 fully saturated rings. The molecule has 2 rings (SSSR count). The van der Waals surface area contributed by atoms with Crippen molar-refractivity contribution >= 4 is 17.0 Å². The molecule has 2 N–H and O–H groups in total. The zero-order valence-corrected chi connectivity index (χ0v) is 14.7. The lowest BCUT2D eigenvalue weighted by Crippen LogP contribution is -2.36. The second-order valence-corrected chi connectivity index (χ2v) is 6.75. The Bertz CT molecular complexity index is 644. The van der Waals surface area contributed by atoms with Crippen LogP contribution in [0.1, 0.15) is 32.0 Å². The van der Waals surface area contributed by atoms with Gasteiger partial charge in [-0.1, -0.05) is 18.2 Å². The number of benzene rings is 1. The summed E-state index contributed by atoms with van der Waals surface area (Å²) < 4.78 is 7.42. The highest BCUT2D eigenvalue weighted by molar-refractivity contribution is 5.85. The van der Waals surface area contributed by atoms with Gasteiger partial charge in [0.05, 0.1) is 0 Å². The van der Waals surface area contributed by atoms with Gasteiger partial charge < -0.3 is 19.9 Å². The molecule has 0 aliphatic rings. The van der Waals surface area contributed by atoms with E-state index in [9.17, 15) is 4.79 Å². The van der Waals surface area contributed by atoms with Gasteiger partial charge in [-0.3, -0.25) is 0 Å². The first-order chi connectivity index (χ1) is 10.8. The number of aryl methyl sites for hydroxylation is 2. The molecule has 5 nitrogen and oxygen atoms in total. The largest absolute Gasteiger partial charge is 0.444 e. The van der Waals surface area contributed by atoms with Gasteiger partial charge in [0.25, 0.3) is 0 Å². The SMILES string of the molecule is Cc1c(CNCCNC(=O)OC(C)(C)C)n(C)c2ccccc12. The quantitative estimate of drug-likeness (QED) is 0.833. The summed E-state index contributed by atoms with van der Waals surface area (Å²) >= 11 is 0. The number of ether oxygens (including phenoxy) is 1. The van der Waals surface area contributed by atoms with E-state index in [0.717, 1.165) is 6.54 Å². The first-order valence-corrected chi connectivity index (χ1v) is 8.00. The van der Waals surface area contributed by atoms with Gasteiger partial charge in [-0.25, -0.2) is 4.79 Å². The third-order valence-corrected chi connectivity index (χ3v) is 3.77. The summed E-state index contributed by atoms with van der Waals surface area (Å²) in [5.41, 5.74) is 3.35. The second-order valence-electron chi connectivity index (χ2n) is 6.75. The molecule has 0 radical (unpaired) electrons. The molecule has 1 aromatic carbocycles. The zero-order chi connectivity index (χ0) is 17.0. The molecule has 0 aliphatic carbocycles. The predicted molar refractivity (Wildman–Crippen MR) is 93.6 cm³/mol. The number of hydrogen-bond acceptors (Lipinski definition) is 3. The molecule has 2 aromatic rings. The van der Waals surface area contributed by atoms with Gasteiger partial charge in [-0.05, 0) is 39.3 Å². The van der Waals surface area contributed by atoms with Crippen molar-refractivity contribution in [2.75, 3.05) is 13.1 Å². The summed E-state index contributed by atoms with van der Waals surface area (Å²) in [7, 11) is 2.09. The minimum absolute atomic E-state index is 0.375. The van der Waals surface area contributed by atoms with Crippen LogP contribution in [-0.2, 0) is 18.3 Å². The highest BCUT2D eigenvalue weighted by atomic mass is 16.6. The average molecular weight is 317 g/mol. The zero-order valence-electron chi connectivity index (χ0n) is 14.7. The van der Waals surface area contributed by atoms with E-state index in [-0.39, 0.29) is 6.09 Å². The summed E-state index contributed by atoms with van der Waals surface area (Å²) in [4.78, 5) is 11.6. The Morgan fingerprint density at radius 3 is 2.57 bits per heavy atom. The monoisotopic (exact) mass is 317 g/mol. The fourth-order valence-electron chi connectivity index (χ4n) is 2.66. The van der Waals surface area contributed by atoms with Crippen LogP contribution in [0.4, 0.5) is 4.79 Å². The molecule has 0 spiro atoms. The topological polar surface area (TPSA) is 55.3 Å². The number of para-hydroxylation sites is 1. The number of nitrogens with zero attached hydrogens (tertiary/aromatic N) is 1. The average Bonchev–Trinajstić information content (AvgIpc) is 2.70. The van der Waals surface area contributed by atoms with E-state index in [1.54, 1.807) is 0 Å². The Balaban J connectivity index is 1.82. The van der Waals surface area contributed by atoms with Gasteiger partial charge in [0, 0.05) is 43.3 Å². The van der Waals surface area contributed by atoms with Crippen LogP contribution in [0.2, 0.25) is 0 Å². The Morgan fingerprint density at radius 2 is 1.91 bits per heavy atom. The summed E-state index contributed by atoms with van der Waals surface area (Å²) in [6, 6.07) is 8.41. The van der Waals surface area contributed by atoms with E-state index in [1.165, 1.54) is 22.2 Å². The molecule has 0 bridgehead atoms. The number of carbonyl (C=O) groups excluding carboxylic acids is 1. The van der Waals surface area contributed by atoms with Crippen molar-refractivity contribution in [3.8, 4) is 0 Å². The van der Waals surface area contributed by atoms with Crippen molar-refractivity contribution < 1.29 is 9.53 Å². The van der Waals surface area contributed by atoms with Gasteiger partial charge in [-0.15, -0.1) is 0 Å². The Kier molecular flexibility index (Phi) is 5.31. The van der Waals surface area contributed by atoms with Gasteiger partial charge in [0.2, 0.25) is 0 Å². The van der Waals surface area contributed by atoms with Crippen molar-refractivity contribution in [3.63, 3.8) is 0 Å². The van der Waals surface area contributed by atoms with Gasteiger partial charge in [-0.2, -0.15) is 0 Å². The summed E-state index contributed by atoms with van der Waals surface area (Å²) in [5.74, 6) is 0. The molecule has 1 heterocycles. The van der Waals surface area contributed by atoms with Crippen LogP contribution in [0, 0.1) is 6.92 Å². The van der Waals surface area contributed by atoms with E-state index in [0.29, 0.717) is 13.1 Å². The molecule has 1 aromatic heterocycles. The van der Waals surface area contributed by atoms with E-state index < -0.39 is 5.60 Å². The molecular formula is C18H27N3O2. The third kappa shape index (κ3) is 4.48. The van der Waals surface area contributed by atoms with Crippen LogP contribution < -0.4 is 10.6 Å². The summed E-state index contributed by atoms with van der Waals surface area (Å²) in [6.07, 6.45) is -0.375. The highest BCUT2D eigenvalue weighted by Crippen LogP contribution is 2.24. The molecule has 5 heteroatoms. The summed E-state index contributed by atoms with van der Waals surface area (Å²) in [5, 5.41) is 7.41. The lowest BCUT2D eigenvalue weighted by molar-refractivity contribution is 0.0528. The van der Waals surface area contributed by atoms with Crippen molar-refractivity contribution in [2.24, 2.45) is 7.05 Å². The van der Waals surface area contributed by atoms with Crippen molar-refractivity contribution in [1.29, 1.82) is 0 Å². The van der Waals surface area contributed by atoms with Crippen molar-refractivity contribution in [1.82, 2.24) is 15.2 Å². The smallest absolute Gasteiger partial charge is 0.407 e. The molecule has 0 saturated heterocycles. The first-order valence-electron chi connectivity index (χ1n) is 8.00. The number of fused-ring (bicyclic) bond motifs is 1. The molecule has 23 heavy (non-hydrogen) atoms. The fourth-order valence-corrected chi connectivity index (χ4v) is 2.66. The van der Waals surface area contributed by atoms with Crippen LogP contribution in [0.25, 0.3) is 10.9 Å². The van der Waals surface area contributed by atoms with Gasteiger partial charge >= 0.3 is 6.09 Å². The number of rotatable bonds is 5. The lowest BCUT2D eigenvalue weighted by Gasteiger charge is -2.19. The Labute approximate surface area is 138 Å². The van der Waals surface area contributed by atoms with E-state index >= 15 is 0 Å². The van der Waals surface area contributed by atoms with Crippen LogP contribution in [0.5, 0.6) is 0 Å². The lowest BCUT2D eigenvalue weighted by atomic mass is 10.1. The summed E-state index contributed by atoms with van der Waals surface area (Å²) in [6.45, 7) is 9.72. The van der Waals surface area contributed by atoms with E-state index in [2.05, 4.69) is 53.4 Å². The third-order valence-electron chi connectivity index (χ3n) is 3.77. The van der Waals surface area contributed by atoms with Crippen LogP contribution in [0.15, 0.2) is 24.3 Å². The highest BCUT2D eigenvalue weighted by Gasteiger charge is 2.15. The number of hydrogen-bond donors (Lipinski definition) is 2. The van der Waals surface area contributed by atoms with Gasteiger partial charge in [0.1, 0.15) is 5.60 Å². The number of aromatic nitrogens is 1.